The molecule has 2 aromatic rings. The molecule has 2 N–H and O–H groups in total. The van der Waals surface area contributed by atoms with Crippen molar-refractivity contribution in [2.45, 2.75) is 0 Å². The molecule has 6 nitrogen and oxygen atoms in total. The first-order valence-corrected chi connectivity index (χ1v) is 7.63. The fraction of sp³-hybridized carbons (Fsp3) is 0.0500. The summed E-state index contributed by atoms with van der Waals surface area (Å²) in [6.45, 7) is 3.95. The molecule has 0 aliphatic carbocycles. The number of carboxylic acids is 1. The minimum absolute atomic E-state index is 0.0420. The van der Waals surface area contributed by atoms with Crippen molar-refractivity contribution < 1.29 is 19.4 Å². The van der Waals surface area contributed by atoms with Crippen LogP contribution >= 0.6 is 0 Å². The Hall–Kier alpha value is -3.85. The highest BCUT2D eigenvalue weighted by Gasteiger charge is 2.11. The smallest absolute Gasteiger partial charge is 0.335 e. The predicted octanol–water partition coefficient (Wildman–Crippen LogP) is 3.50. The van der Waals surface area contributed by atoms with E-state index in [2.05, 4.69) is 11.9 Å². The Morgan fingerprint density at radius 2 is 1.96 bits per heavy atom. The summed E-state index contributed by atoms with van der Waals surface area (Å²) in [5, 5.41) is 20.7. The van der Waals surface area contributed by atoms with Crippen LogP contribution in [0, 0.1) is 11.3 Å². The molecule has 0 saturated carbocycles. The van der Waals surface area contributed by atoms with Gasteiger partial charge in [-0.1, -0.05) is 30.9 Å². The van der Waals surface area contributed by atoms with Crippen LogP contribution in [0.5, 0.6) is 5.75 Å². The fourth-order valence-corrected chi connectivity index (χ4v) is 2.06. The molecule has 0 bridgehead atoms. The van der Waals surface area contributed by atoms with Crippen LogP contribution in [0.3, 0.4) is 0 Å². The zero-order valence-corrected chi connectivity index (χ0v) is 13.8. The van der Waals surface area contributed by atoms with Crippen molar-refractivity contribution in [3.8, 4) is 11.8 Å². The number of ether oxygens (including phenoxy) is 1. The molecule has 0 unspecified atom stereocenters. The molecule has 0 aliphatic rings. The number of nitrogens with one attached hydrogen (secondary N) is 1. The lowest BCUT2D eigenvalue weighted by Gasteiger charge is -2.06. The number of nitrogens with zero attached hydrogens (tertiary/aromatic N) is 1. The van der Waals surface area contributed by atoms with E-state index in [0.29, 0.717) is 23.6 Å². The average Bonchev–Trinajstić information content (AvgIpc) is 2.65. The minimum atomic E-state index is -1.10. The molecule has 130 valence electrons. The van der Waals surface area contributed by atoms with Gasteiger partial charge in [0.15, 0.2) is 0 Å². The number of rotatable bonds is 7. The number of carbonyl (C=O) groups is 2. The maximum Gasteiger partial charge on any atom is 0.335 e. The minimum Gasteiger partial charge on any atom is -0.490 e. The zero-order chi connectivity index (χ0) is 18.9. The lowest BCUT2D eigenvalue weighted by Crippen LogP contribution is -2.13. The van der Waals surface area contributed by atoms with Gasteiger partial charge >= 0.3 is 5.97 Å². The molecule has 6 heteroatoms. The molecule has 0 aliphatic heterocycles. The third-order valence-electron chi connectivity index (χ3n) is 3.29. The number of anilines is 1. The first-order chi connectivity index (χ1) is 12.5. The van der Waals surface area contributed by atoms with E-state index >= 15 is 0 Å². The van der Waals surface area contributed by atoms with E-state index in [4.69, 9.17) is 9.84 Å². The maximum atomic E-state index is 12.3. The Balaban J connectivity index is 2.14. The number of benzene rings is 2. The molecule has 0 fully saturated rings. The average molecular weight is 348 g/mol. The molecular formula is C20H16N2O4. The van der Waals surface area contributed by atoms with Gasteiger partial charge in [0.2, 0.25) is 0 Å². The number of carboxylic acid groups (broad SMARTS) is 1. The molecule has 0 spiro atoms. The molecule has 2 aromatic carbocycles. The summed E-state index contributed by atoms with van der Waals surface area (Å²) < 4.78 is 5.37. The highest BCUT2D eigenvalue weighted by Crippen LogP contribution is 2.16. The monoisotopic (exact) mass is 348 g/mol. The second-order valence-electron chi connectivity index (χ2n) is 5.18. The number of aromatic carboxylic acids is 1. The van der Waals surface area contributed by atoms with E-state index in [0.717, 1.165) is 0 Å². The van der Waals surface area contributed by atoms with Crippen LogP contribution in [0.1, 0.15) is 15.9 Å². The predicted molar refractivity (Wildman–Crippen MR) is 97.8 cm³/mol. The van der Waals surface area contributed by atoms with Gasteiger partial charge in [-0.2, -0.15) is 5.26 Å². The number of amides is 1. The summed E-state index contributed by atoms with van der Waals surface area (Å²) in [6.07, 6.45) is 3.07. The summed E-state index contributed by atoms with van der Waals surface area (Å²) in [5.41, 5.74) is 0.886. The molecular weight excluding hydrogens is 332 g/mol. The van der Waals surface area contributed by atoms with Gasteiger partial charge in [-0.05, 0) is 42.0 Å². The molecule has 0 radical (unpaired) electrons. The first kappa shape index (κ1) is 18.5. The van der Waals surface area contributed by atoms with Crippen molar-refractivity contribution in [1.29, 1.82) is 5.26 Å². The van der Waals surface area contributed by atoms with Crippen molar-refractivity contribution >= 4 is 23.6 Å². The molecule has 0 heterocycles. The first-order valence-electron chi connectivity index (χ1n) is 7.63. The standard InChI is InChI=1S/C20H16N2O4/c1-2-10-26-18-8-6-14(7-9-18)11-16(13-21)19(23)22-17-5-3-4-15(12-17)20(24)25/h2-9,11-12H,1,10H2,(H,22,23)(H,24,25)/b16-11-. The molecule has 26 heavy (non-hydrogen) atoms. The van der Waals surface area contributed by atoms with Gasteiger partial charge in [-0.15, -0.1) is 0 Å². The lowest BCUT2D eigenvalue weighted by atomic mass is 10.1. The van der Waals surface area contributed by atoms with Gasteiger partial charge in [-0.25, -0.2) is 4.79 Å². The summed E-state index contributed by atoms with van der Waals surface area (Å²) in [6, 6.07) is 14.5. The summed E-state index contributed by atoms with van der Waals surface area (Å²) in [7, 11) is 0. The van der Waals surface area contributed by atoms with Crippen LogP contribution in [0.25, 0.3) is 6.08 Å². The van der Waals surface area contributed by atoms with Crippen molar-refractivity contribution in [2.24, 2.45) is 0 Å². The van der Waals surface area contributed by atoms with Crippen LogP contribution in [0.15, 0.2) is 66.8 Å². The van der Waals surface area contributed by atoms with Crippen molar-refractivity contribution in [3.63, 3.8) is 0 Å². The number of nitriles is 1. The quantitative estimate of drug-likeness (QED) is 0.453. The lowest BCUT2D eigenvalue weighted by molar-refractivity contribution is -0.112. The van der Waals surface area contributed by atoms with Crippen LogP contribution in [-0.2, 0) is 4.79 Å². The molecule has 0 saturated heterocycles. The normalized spacial score (nSPS) is 10.5. The molecule has 1 amide bonds. The molecule has 2 rings (SSSR count). The second kappa shape index (κ2) is 8.85. The van der Waals surface area contributed by atoms with Crippen LogP contribution in [0.4, 0.5) is 5.69 Å². The van der Waals surface area contributed by atoms with E-state index in [1.54, 1.807) is 36.4 Å². The van der Waals surface area contributed by atoms with E-state index in [1.165, 1.54) is 24.3 Å². The van der Waals surface area contributed by atoms with E-state index < -0.39 is 11.9 Å². The van der Waals surface area contributed by atoms with Crippen LogP contribution < -0.4 is 10.1 Å². The van der Waals surface area contributed by atoms with Gasteiger partial charge in [0.05, 0.1) is 5.56 Å². The van der Waals surface area contributed by atoms with Gasteiger partial charge in [0.25, 0.3) is 5.91 Å². The third kappa shape index (κ3) is 5.08. The highest BCUT2D eigenvalue weighted by molar-refractivity contribution is 6.10. The Bertz CT molecular complexity index is 893. The Labute approximate surface area is 150 Å². The Morgan fingerprint density at radius 3 is 2.58 bits per heavy atom. The maximum absolute atomic E-state index is 12.3. The van der Waals surface area contributed by atoms with E-state index in [1.807, 2.05) is 6.07 Å². The molecule has 0 aromatic heterocycles. The van der Waals surface area contributed by atoms with Crippen LogP contribution in [0.2, 0.25) is 0 Å². The van der Waals surface area contributed by atoms with Gasteiger partial charge in [0.1, 0.15) is 24.0 Å². The number of hydrogen-bond donors (Lipinski definition) is 2. The topological polar surface area (TPSA) is 99.4 Å². The Kier molecular flexibility index (Phi) is 6.29. The van der Waals surface area contributed by atoms with Gasteiger partial charge in [0, 0.05) is 5.69 Å². The van der Waals surface area contributed by atoms with Crippen molar-refractivity contribution in [3.05, 3.63) is 77.9 Å². The number of carbonyl (C=O) groups excluding carboxylic acids is 1. The SMILES string of the molecule is C=CCOc1ccc(/C=C(/C#N)C(=O)Nc2cccc(C(=O)O)c2)cc1. The second-order valence-corrected chi connectivity index (χ2v) is 5.18. The Morgan fingerprint density at radius 1 is 1.23 bits per heavy atom. The zero-order valence-electron chi connectivity index (χ0n) is 13.8. The largest absolute Gasteiger partial charge is 0.490 e. The molecule has 0 atom stereocenters. The highest BCUT2D eigenvalue weighted by atomic mass is 16.5. The van der Waals surface area contributed by atoms with Crippen molar-refractivity contribution in [2.75, 3.05) is 11.9 Å². The van der Waals surface area contributed by atoms with Crippen molar-refractivity contribution in [1.82, 2.24) is 0 Å². The van der Waals surface area contributed by atoms with Gasteiger partial charge < -0.3 is 15.2 Å². The van der Waals surface area contributed by atoms with Crippen LogP contribution in [-0.4, -0.2) is 23.6 Å². The summed E-state index contributed by atoms with van der Waals surface area (Å²) in [4.78, 5) is 23.2. The number of hydrogen-bond acceptors (Lipinski definition) is 4. The fourth-order valence-electron chi connectivity index (χ4n) is 2.06. The summed E-state index contributed by atoms with van der Waals surface area (Å²) >= 11 is 0. The third-order valence-corrected chi connectivity index (χ3v) is 3.29. The van der Waals surface area contributed by atoms with E-state index in [-0.39, 0.29) is 11.1 Å². The summed E-state index contributed by atoms with van der Waals surface area (Å²) in [5.74, 6) is -1.08. The van der Waals surface area contributed by atoms with Gasteiger partial charge in [-0.3, -0.25) is 4.79 Å². The van der Waals surface area contributed by atoms with E-state index in [9.17, 15) is 14.9 Å².